The van der Waals surface area contributed by atoms with Gasteiger partial charge in [-0.2, -0.15) is 5.10 Å². The van der Waals surface area contributed by atoms with Crippen LogP contribution in [0.5, 0.6) is 5.75 Å². The molecule has 0 fully saturated rings. The van der Waals surface area contributed by atoms with Crippen LogP contribution in [0.15, 0.2) is 53.5 Å². The Morgan fingerprint density at radius 1 is 1.04 bits per heavy atom. The van der Waals surface area contributed by atoms with Crippen molar-refractivity contribution in [3.63, 3.8) is 0 Å². The van der Waals surface area contributed by atoms with Crippen molar-refractivity contribution in [3.8, 4) is 5.75 Å². The maximum absolute atomic E-state index is 12.6. The van der Waals surface area contributed by atoms with Crippen LogP contribution in [0.1, 0.15) is 17.5 Å². The number of aryl methyl sites for hydroxylation is 3. The van der Waals surface area contributed by atoms with Crippen LogP contribution in [-0.4, -0.2) is 42.4 Å². The van der Waals surface area contributed by atoms with E-state index >= 15 is 0 Å². The van der Waals surface area contributed by atoms with Gasteiger partial charge in [0.25, 0.3) is 5.56 Å². The molecule has 0 aliphatic rings. The highest BCUT2D eigenvalue weighted by molar-refractivity contribution is 5.81. The molecule has 0 atom stereocenters. The van der Waals surface area contributed by atoms with Gasteiger partial charge in [-0.25, -0.2) is 4.68 Å². The molecule has 0 saturated carbocycles. The van der Waals surface area contributed by atoms with Crippen LogP contribution >= 0.6 is 0 Å². The number of methoxy groups -OCH3 is 1. The van der Waals surface area contributed by atoms with Crippen molar-refractivity contribution in [2.24, 2.45) is 0 Å². The molecule has 0 unspecified atom stereocenters. The fourth-order valence-electron chi connectivity index (χ4n) is 3.17. The first-order valence-electron chi connectivity index (χ1n) is 9.33. The zero-order valence-corrected chi connectivity index (χ0v) is 16.3. The van der Waals surface area contributed by atoms with Gasteiger partial charge in [0.1, 0.15) is 5.75 Å². The summed E-state index contributed by atoms with van der Waals surface area (Å²) in [6, 6.07) is 14.2. The van der Waals surface area contributed by atoms with Crippen molar-refractivity contribution >= 4 is 10.8 Å². The molecular weight excluding hydrogens is 338 g/mol. The number of hydrogen-bond acceptors (Lipinski definition) is 4. The van der Waals surface area contributed by atoms with E-state index in [2.05, 4.69) is 34.3 Å². The molecule has 2 aromatic carbocycles. The summed E-state index contributed by atoms with van der Waals surface area (Å²) in [6.45, 7) is 1.59. The largest absolute Gasteiger partial charge is 0.497 e. The summed E-state index contributed by atoms with van der Waals surface area (Å²) < 4.78 is 6.77. The topological polar surface area (TPSA) is 47.4 Å². The molecule has 3 aromatic rings. The molecule has 0 amide bonds. The van der Waals surface area contributed by atoms with E-state index in [0.29, 0.717) is 6.54 Å². The predicted molar refractivity (Wildman–Crippen MR) is 110 cm³/mol. The molecule has 1 heterocycles. The van der Waals surface area contributed by atoms with E-state index in [1.807, 2.05) is 38.5 Å². The zero-order chi connectivity index (χ0) is 19.2. The number of benzene rings is 2. The summed E-state index contributed by atoms with van der Waals surface area (Å²) in [7, 11) is 5.74. The van der Waals surface area contributed by atoms with Crippen LogP contribution in [0.25, 0.3) is 10.8 Å². The Labute approximate surface area is 160 Å². The second-order valence-electron chi connectivity index (χ2n) is 7.10. The normalized spacial score (nSPS) is 11.3. The van der Waals surface area contributed by atoms with E-state index in [4.69, 9.17) is 4.74 Å². The standard InChI is InChI=1S/C22H27N3O2/c1-24(2)13-4-14-25-22(26)21-12-9-18(15-19(21)16-23-25)6-5-17-7-10-20(27-3)11-8-17/h7-12,15-16H,4-6,13-14H2,1-3H3. The van der Waals surface area contributed by atoms with Gasteiger partial charge in [-0.1, -0.05) is 18.2 Å². The first-order valence-corrected chi connectivity index (χ1v) is 9.33. The van der Waals surface area contributed by atoms with Crippen LogP contribution < -0.4 is 10.3 Å². The first kappa shape index (κ1) is 19.1. The maximum Gasteiger partial charge on any atom is 0.274 e. The minimum atomic E-state index is -0.00652. The monoisotopic (exact) mass is 365 g/mol. The van der Waals surface area contributed by atoms with Crippen molar-refractivity contribution in [3.05, 3.63) is 70.1 Å². The number of rotatable bonds is 8. The van der Waals surface area contributed by atoms with Gasteiger partial charge in [0.05, 0.1) is 18.7 Å². The molecule has 0 spiro atoms. The maximum atomic E-state index is 12.6. The predicted octanol–water partition coefficient (Wildman–Crippen LogP) is 3.14. The number of aromatic nitrogens is 2. The van der Waals surface area contributed by atoms with Crippen LogP contribution in [0, 0.1) is 0 Å². The van der Waals surface area contributed by atoms with E-state index in [-0.39, 0.29) is 5.56 Å². The minimum Gasteiger partial charge on any atom is -0.497 e. The molecule has 0 aliphatic carbocycles. The van der Waals surface area contributed by atoms with Crippen LogP contribution in [-0.2, 0) is 19.4 Å². The fraction of sp³-hybridized carbons (Fsp3) is 0.364. The van der Waals surface area contributed by atoms with E-state index < -0.39 is 0 Å². The zero-order valence-electron chi connectivity index (χ0n) is 16.3. The Bertz CT molecular complexity index is 946. The lowest BCUT2D eigenvalue weighted by Crippen LogP contribution is -2.25. The highest BCUT2D eigenvalue weighted by atomic mass is 16.5. The third-order valence-electron chi connectivity index (χ3n) is 4.75. The van der Waals surface area contributed by atoms with E-state index in [1.54, 1.807) is 11.8 Å². The number of fused-ring (bicyclic) bond motifs is 1. The molecule has 5 heteroatoms. The average Bonchev–Trinajstić information content (AvgIpc) is 2.68. The Hall–Kier alpha value is -2.66. The van der Waals surface area contributed by atoms with Crippen molar-refractivity contribution in [1.29, 1.82) is 0 Å². The van der Waals surface area contributed by atoms with Crippen molar-refractivity contribution in [2.45, 2.75) is 25.8 Å². The summed E-state index contributed by atoms with van der Waals surface area (Å²) in [6.07, 6.45) is 4.59. The van der Waals surface area contributed by atoms with Crippen molar-refractivity contribution < 1.29 is 4.74 Å². The third kappa shape index (κ3) is 4.95. The second-order valence-corrected chi connectivity index (χ2v) is 7.10. The molecule has 0 aliphatic heterocycles. The Morgan fingerprint density at radius 3 is 2.44 bits per heavy atom. The van der Waals surface area contributed by atoms with Gasteiger partial charge < -0.3 is 9.64 Å². The van der Waals surface area contributed by atoms with Crippen LogP contribution in [0.3, 0.4) is 0 Å². The molecule has 3 rings (SSSR count). The molecular formula is C22H27N3O2. The summed E-state index contributed by atoms with van der Waals surface area (Å²) in [4.78, 5) is 14.7. The second kappa shape index (κ2) is 8.82. The summed E-state index contributed by atoms with van der Waals surface area (Å²) >= 11 is 0. The van der Waals surface area contributed by atoms with Gasteiger partial charge in [0.15, 0.2) is 0 Å². The summed E-state index contributed by atoms with van der Waals surface area (Å²) in [5.41, 5.74) is 2.48. The molecule has 0 bridgehead atoms. The summed E-state index contributed by atoms with van der Waals surface area (Å²) in [5.74, 6) is 0.873. The van der Waals surface area contributed by atoms with E-state index in [9.17, 15) is 4.79 Å². The minimum absolute atomic E-state index is 0.00652. The van der Waals surface area contributed by atoms with Crippen molar-refractivity contribution in [2.75, 3.05) is 27.7 Å². The third-order valence-corrected chi connectivity index (χ3v) is 4.75. The van der Waals surface area contributed by atoms with Crippen LogP contribution in [0.4, 0.5) is 0 Å². The molecule has 27 heavy (non-hydrogen) atoms. The Kier molecular flexibility index (Phi) is 6.24. The Balaban J connectivity index is 1.70. The summed E-state index contributed by atoms with van der Waals surface area (Å²) in [5, 5.41) is 6.01. The smallest absolute Gasteiger partial charge is 0.274 e. The quantitative estimate of drug-likeness (QED) is 0.615. The van der Waals surface area contributed by atoms with Gasteiger partial charge in [-0.15, -0.1) is 0 Å². The average molecular weight is 365 g/mol. The van der Waals surface area contributed by atoms with Crippen LogP contribution in [0.2, 0.25) is 0 Å². The number of ether oxygens (including phenoxy) is 1. The van der Waals surface area contributed by atoms with E-state index in [0.717, 1.165) is 42.3 Å². The lowest BCUT2D eigenvalue weighted by molar-refractivity contribution is 0.378. The van der Waals surface area contributed by atoms with E-state index in [1.165, 1.54) is 11.1 Å². The molecule has 5 nitrogen and oxygen atoms in total. The number of nitrogens with zero attached hydrogens (tertiary/aromatic N) is 3. The Morgan fingerprint density at radius 2 is 1.74 bits per heavy atom. The molecule has 0 radical (unpaired) electrons. The molecule has 1 aromatic heterocycles. The highest BCUT2D eigenvalue weighted by Crippen LogP contribution is 2.16. The lowest BCUT2D eigenvalue weighted by atomic mass is 10.0. The van der Waals surface area contributed by atoms with Gasteiger partial charge in [-0.05, 0) is 75.3 Å². The van der Waals surface area contributed by atoms with Gasteiger partial charge in [-0.3, -0.25) is 4.79 Å². The van der Waals surface area contributed by atoms with Crippen molar-refractivity contribution in [1.82, 2.24) is 14.7 Å². The lowest BCUT2D eigenvalue weighted by Gasteiger charge is -2.10. The molecule has 0 saturated heterocycles. The highest BCUT2D eigenvalue weighted by Gasteiger charge is 2.06. The molecule has 142 valence electrons. The number of hydrogen-bond donors (Lipinski definition) is 0. The van der Waals surface area contributed by atoms with Gasteiger partial charge in [0, 0.05) is 11.9 Å². The SMILES string of the molecule is COc1ccc(CCc2ccc3c(=O)n(CCCN(C)C)ncc3c2)cc1. The first-order chi connectivity index (χ1) is 13.1. The fourth-order valence-corrected chi connectivity index (χ4v) is 3.17. The molecule has 0 N–H and O–H groups in total. The van der Waals surface area contributed by atoms with Gasteiger partial charge >= 0.3 is 0 Å². The van der Waals surface area contributed by atoms with Gasteiger partial charge in [0.2, 0.25) is 0 Å².